The molecule has 0 aromatic heterocycles. The molecule has 2 atom stereocenters. The molecule has 1 aromatic rings. The van der Waals surface area contributed by atoms with Crippen molar-refractivity contribution in [3.63, 3.8) is 0 Å². The van der Waals surface area contributed by atoms with Gasteiger partial charge < -0.3 is 15.5 Å². The highest BCUT2D eigenvalue weighted by molar-refractivity contribution is 5.86. The lowest BCUT2D eigenvalue weighted by Gasteiger charge is -2.18. The molecular weight excluding hydrogens is 363 g/mol. The molecule has 0 unspecified atom stereocenters. The Morgan fingerprint density at radius 3 is 2.11 bits per heavy atom. The summed E-state index contributed by atoms with van der Waals surface area (Å²) in [6, 6.07) is 2.37. The molecule has 3 N–H and O–H groups in total. The molecule has 0 radical (unpaired) electrons. The van der Waals surface area contributed by atoms with Gasteiger partial charge in [-0.05, 0) is 24.1 Å². The zero-order chi connectivity index (χ0) is 20.4. The number of aliphatic carboxylic acids is 1. The molecule has 1 rings (SSSR count). The van der Waals surface area contributed by atoms with E-state index < -0.39 is 35.8 Å². The Kier molecular flexibility index (Phi) is 9.28. The Morgan fingerprint density at radius 2 is 1.59 bits per heavy atom. The third kappa shape index (κ3) is 7.99. The lowest BCUT2D eigenvalue weighted by atomic mass is 10.0. The standard InChI is InChI=1S/C19H26F3NO4/c1-2-3-4-5-6-7-8-15(18(26)27)23-17(25)16(24)13-9-11-14(12-10-13)19(20,21)22/h9-12,15-16,24H,2-8H2,1H3,(H,23,25)(H,26,27)/t15-,16-/m1/s1. The largest absolute Gasteiger partial charge is 0.480 e. The normalized spacial score (nSPS) is 13.8. The number of unbranched alkanes of at least 4 members (excludes halogenated alkanes) is 5. The summed E-state index contributed by atoms with van der Waals surface area (Å²) in [5.41, 5.74) is -0.936. The van der Waals surface area contributed by atoms with Gasteiger partial charge in [0.05, 0.1) is 5.56 Å². The maximum absolute atomic E-state index is 12.5. The second kappa shape index (κ2) is 10.9. The summed E-state index contributed by atoms with van der Waals surface area (Å²) in [5.74, 6) is -2.16. The molecule has 0 aliphatic heterocycles. The van der Waals surface area contributed by atoms with Crippen LogP contribution in [0.3, 0.4) is 0 Å². The van der Waals surface area contributed by atoms with Gasteiger partial charge in [0, 0.05) is 0 Å². The minimum Gasteiger partial charge on any atom is -0.480 e. The van der Waals surface area contributed by atoms with Crippen LogP contribution in [0.25, 0.3) is 0 Å². The molecule has 5 nitrogen and oxygen atoms in total. The lowest BCUT2D eigenvalue weighted by Crippen LogP contribution is -2.43. The molecule has 152 valence electrons. The summed E-state index contributed by atoms with van der Waals surface area (Å²) in [7, 11) is 0. The molecule has 0 heterocycles. The number of carboxylic acids is 1. The molecule has 0 saturated heterocycles. The van der Waals surface area contributed by atoms with Crippen molar-refractivity contribution in [2.75, 3.05) is 0 Å². The fourth-order valence-corrected chi connectivity index (χ4v) is 2.64. The van der Waals surface area contributed by atoms with Crippen LogP contribution in [0, 0.1) is 0 Å². The van der Waals surface area contributed by atoms with Gasteiger partial charge in [-0.3, -0.25) is 4.79 Å². The van der Waals surface area contributed by atoms with E-state index in [9.17, 15) is 33.0 Å². The van der Waals surface area contributed by atoms with E-state index in [-0.39, 0.29) is 12.0 Å². The number of aliphatic hydroxyl groups excluding tert-OH is 1. The predicted octanol–water partition coefficient (Wildman–Crippen LogP) is 4.06. The molecular formula is C19H26F3NO4. The summed E-state index contributed by atoms with van der Waals surface area (Å²) in [5, 5.41) is 21.5. The molecule has 27 heavy (non-hydrogen) atoms. The van der Waals surface area contributed by atoms with Crippen molar-refractivity contribution >= 4 is 11.9 Å². The zero-order valence-electron chi connectivity index (χ0n) is 15.3. The number of amides is 1. The van der Waals surface area contributed by atoms with Crippen molar-refractivity contribution in [3.05, 3.63) is 35.4 Å². The minimum absolute atomic E-state index is 0.0378. The average molecular weight is 389 g/mol. The van der Waals surface area contributed by atoms with Crippen LogP contribution in [-0.2, 0) is 15.8 Å². The lowest BCUT2D eigenvalue weighted by molar-refractivity contribution is -0.143. The van der Waals surface area contributed by atoms with Crippen molar-refractivity contribution in [1.82, 2.24) is 5.32 Å². The fraction of sp³-hybridized carbons (Fsp3) is 0.579. The van der Waals surface area contributed by atoms with E-state index in [1.54, 1.807) is 0 Å². The average Bonchev–Trinajstić information content (AvgIpc) is 2.62. The first-order chi connectivity index (χ1) is 12.7. The van der Waals surface area contributed by atoms with Crippen molar-refractivity contribution in [1.29, 1.82) is 0 Å². The molecule has 0 aliphatic rings. The van der Waals surface area contributed by atoms with E-state index >= 15 is 0 Å². The van der Waals surface area contributed by atoms with E-state index in [1.165, 1.54) is 0 Å². The van der Waals surface area contributed by atoms with Gasteiger partial charge in [-0.15, -0.1) is 0 Å². The number of alkyl halides is 3. The van der Waals surface area contributed by atoms with Gasteiger partial charge in [0.15, 0.2) is 6.10 Å². The van der Waals surface area contributed by atoms with Crippen LogP contribution < -0.4 is 5.32 Å². The van der Waals surface area contributed by atoms with Gasteiger partial charge in [-0.25, -0.2) is 4.79 Å². The molecule has 1 aromatic carbocycles. The van der Waals surface area contributed by atoms with Crippen molar-refractivity contribution in [2.45, 2.75) is 70.2 Å². The van der Waals surface area contributed by atoms with Gasteiger partial charge >= 0.3 is 12.1 Å². The summed E-state index contributed by atoms with van der Waals surface area (Å²) >= 11 is 0. The van der Waals surface area contributed by atoms with Gasteiger partial charge in [0.1, 0.15) is 6.04 Å². The molecule has 0 bridgehead atoms. The summed E-state index contributed by atoms with van der Waals surface area (Å²) in [4.78, 5) is 23.4. The van der Waals surface area contributed by atoms with E-state index in [1.807, 2.05) is 0 Å². The third-order valence-corrected chi connectivity index (χ3v) is 4.26. The number of aliphatic hydroxyl groups is 1. The van der Waals surface area contributed by atoms with Crippen molar-refractivity contribution in [3.8, 4) is 0 Å². The molecule has 8 heteroatoms. The fourth-order valence-electron chi connectivity index (χ4n) is 2.64. The maximum Gasteiger partial charge on any atom is 0.416 e. The van der Waals surface area contributed by atoms with E-state index in [0.29, 0.717) is 6.42 Å². The smallest absolute Gasteiger partial charge is 0.416 e. The monoisotopic (exact) mass is 389 g/mol. The first-order valence-electron chi connectivity index (χ1n) is 9.05. The van der Waals surface area contributed by atoms with Crippen LogP contribution in [0.4, 0.5) is 13.2 Å². The Bertz CT molecular complexity index is 602. The second-order valence-electron chi connectivity index (χ2n) is 6.48. The highest BCUT2D eigenvalue weighted by Gasteiger charge is 2.31. The van der Waals surface area contributed by atoms with Crippen LogP contribution >= 0.6 is 0 Å². The van der Waals surface area contributed by atoms with Crippen LogP contribution in [0.5, 0.6) is 0 Å². The number of carboxylic acid groups (broad SMARTS) is 1. The second-order valence-corrected chi connectivity index (χ2v) is 6.48. The van der Waals surface area contributed by atoms with E-state index in [2.05, 4.69) is 12.2 Å². The Labute approximate surface area is 156 Å². The summed E-state index contributed by atoms with van der Waals surface area (Å²) in [6.07, 6.45) is -0.259. The number of rotatable bonds is 11. The number of hydrogen-bond acceptors (Lipinski definition) is 3. The number of nitrogens with one attached hydrogen (secondary N) is 1. The molecule has 0 aliphatic carbocycles. The van der Waals surface area contributed by atoms with Crippen LogP contribution in [0.2, 0.25) is 0 Å². The van der Waals surface area contributed by atoms with E-state index in [0.717, 1.165) is 56.4 Å². The van der Waals surface area contributed by atoms with Crippen LogP contribution in [0.15, 0.2) is 24.3 Å². The van der Waals surface area contributed by atoms with E-state index in [4.69, 9.17) is 0 Å². The number of carbonyl (C=O) groups is 2. The van der Waals surface area contributed by atoms with Crippen LogP contribution in [-0.4, -0.2) is 28.1 Å². The third-order valence-electron chi connectivity index (χ3n) is 4.26. The van der Waals surface area contributed by atoms with Crippen molar-refractivity contribution < 1.29 is 33.0 Å². The zero-order valence-corrected chi connectivity index (χ0v) is 15.3. The number of halogens is 3. The molecule has 0 fully saturated rings. The Balaban J connectivity index is 2.58. The molecule has 0 spiro atoms. The first-order valence-corrected chi connectivity index (χ1v) is 9.05. The SMILES string of the molecule is CCCCCCCC[C@@H](NC(=O)[C@H](O)c1ccc(C(F)(F)F)cc1)C(=O)O. The highest BCUT2D eigenvalue weighted by Crippen LogP contribution is 2.30. The Hall–Kier alpha value is -2.09. The number of hydrogen-bond donors (Lipinski definition) is 3. The molecule has 0 saturated carbocycles. The predicted molar refractivity (Wildman–Crippen MR) is 94.0 cm³/mol. The Morgan fingerprint density at radius 1 is 1.04 bits per heavy atom. The quantitative estimate of drug-likeness (QED) is 0.498. The van der Waals surface area contributed by atoms with Gasteiger partial charge in [-0.2, -0.15) is 13.2 Å². The molecule has 1 amide bonds. The maximum atomic E-state index is 12.5. The van der Waals surface area contributed by atoms with Gasteiger partial charge in [0.2, 0.25) is 0 Å². The summed E-state index contributed by atoms with van der Waals surface area (Å²) in [6.45, 7) is 2.10. The number of benzene rings is 1. The first kappa shape index (κ1) is 23.0. The summed E-state index contributed by atoms with van der Waals surface area (Å²) < 4.78 is 37.6. The van der Waals surface area contributed by atoms with Crippen molar-refractivity contribution in [2.24, 2.45) is 0 Å². The van der Waals surface area contributed by atoms with Crippen LogP contribution in [0.1, 0.15) is 69.1 Å². The van der Waals surface area contributed by atoms with Gasteiger partial charge in [0.25, 0.3) is 5.91 Å². The topological polar surface area (TPSA) is 86.6 Å². The van der Waals surface area contributed by atoms with Gasteiger partial charge in [-0.1, -0.05) is 57.6 Å². The number of carbonyl (C=O) groups excluding carboxylic acids is 1. The minimum atomic E-state index is -4.52. The highest BCUT2D eigenvalue weighted by atomic mass is 19.4.